The van der Waals surface area contributed by atoms with Gasteiger partial charge in [-0.2, -0.15) is 0 Å². The van der Waals surface area contributed by atoms with Crippen molar-refractivity contribution < 1.29 is 17.9 Å². The molecule has 0 aliphatic rings. The summed E-state index contributed by atoms with van der Waals surface area (Å²) in [6, 6.07) is 19.9. The lowest BCUT2D eigenvalue weighted by Gasteiger charge is -2.10. The van der Waals surface area contributed by atoms with Gasteiger partial charge in [0.05, 0.1) is 17.7 Å². The Morgan fingerprint density at radius 2 is 1.74 bits per heavy atom. The van der Waals surface area contributed by atoms with E-state index in [0.29, 0.717) is 22.0 Å². The third-order valence-electron chi connectivity index (χ3n) is 5.12. The molecule has 3 aromatic carbocycles. The summed E-state index contributed by atoms with van der Waals surface area (Å²) in [5.41, 5.74) is 8.07. The summed E-state index contributed by atoms with van der Waals surface area (Å²) in [5.74, 6) is 0.103. The fourth-order valence-corrected chi connectivity index (χ4v) is 6.50. The smallest absolute Gasteiger partial charge is 0.211 e. The van der Waals surface area contributed by atoms with Crippen LogP contribution in [0.5, 0.6) is 5.75 Å². The van der Waals surface area contributed by atoms with Crippen molar-refractivity contribution >= 4 is 54.9 Å². The second-order valence-electron chi connectivity index (χ2n) is 7.52. The van der Waals surface area contributed by atoms with Gasteiger partial charge in [-0.3, -0.25) is 4.79 Å². The van der Waals surface area contributed by atoms with Crippen molar-refractivity contribution in [2.45, 2.75) is 16.7 Å². The standard InChI is InChI=1S/C25H21ClN2O4S2/c1-15-9-11-20(12-10-15)34(30,31)24-21(27)23(22(29)16-5-3-8-19(13-16)32-2)33-25(24)28-18-7-4-6-17(26)14-18/h3-14,28H,27H2,1-2H3. The van der Waals surface area contributed by atoms with Crippen molar-refractivity contribution in [2.75, 3.05) is 18.2 Å². The fourth-order valence-electron chi connectivity index (χ4n) is 3.37. The number of methoxy groups -OCH3 is 1. The average molecular weight is 513 g/mol. The Morgan fingerprint density at radius 1 is 1.03 bits per heavy atom. The fraction of sp³-hybridized carbons (Fsp3) is 0.0800. The number of nitrogens with one attached hydrogen (secondary N) is 1. The number of hydrogen-bond acceptors (Lipinski definition) is 7. The SMILES string of the molecule is COc1cccc(C(=O)c2sc(Nc3cccc(Cl)c3)c(S(=O)(=O)c3ccc(C)cc3)c2N)c1. The predicted octanol–water partition coefficient (Wildman–Crippen LogP) is 6.11. The summed E-state index contributed by atoms with van der Waals surface area (Å²) in [6.45, 7) is 1.87. The highest BCUT2D eigenvalue weighted by molar-refractivity contribution is 7.92. The number of nitrogen functional groups attached to an aromatic ring is 1. The molecule has 0 radical (unpaired) electrons. The monoisotopic (exact) mass is 512 g/mol. The molecule has 0 aliphatic carbocycles. The minimum absolute atomic E-state index is 0.0807. The molecule has 0 spiro atoms. The van der Waals surface area contributed by atoms with Crippen LogP contribution in [-0.4, -0.2) is 21.3 Å². The van der Waals surface area contributed by atoms with E-state index in [1.807, 2.05) is 6.92 Å². The van der Waals surface area contributed by atoms with E-state index in [2.05, 4.69) is 5.32 Å². The molecule has 174 valence electrons. The Hall–Kier alpha value is -3.33. The third kappa shape index (κ3) is 4.65. The molecule has 4 rings (SSSR count). The molecule has 34 heavy (non-hydrogen) atoms. The summed E-state index contributed by atoms with van der Waals surface area (Å²) >= 11 is 7.08. The quantitative estimate of drug-likeness (QED) is 0.290. The molecule has 1 heterocycles. The zero-order valence-electron chi connectivity index (χ0n) is 18.3. The van der Waals surface area contributed by atoms with Crippen molar-refractivity contribution in [1.29, 1.82) is 0 Å². The van der Waals surface area contributed by atoms with Crippen LogP contribution < -0.4 is 15.8 Å². The van der Waals surface area contributed by atoms with Gasteiger partial charge < -0.3 is 15.8 Å². The van der Waals surface area contributed by atoms with Gasteiger partial charge in [0, 0.05) is 16.3 Å². The molecule has 0 bridgehead atoms. The number of sulfone groups is 1. The van der Waals surface area contributed by atoms with Crippen LogP contribution in [0.3, 0.4) is 0 Å². The number of anilines is 3. The number of benzene rings is 3. The third-order valence-corrected chi connectivity index (χ3v) is 8.46. The molecule has 0 saturated carbocycles. The van der Waals surface area contributed by atoms with Crippen molar-refractivity contribution in [3.63, 3.8) is 0 Å². The maximum Gasteiger partial charge on any atom is 0.211 e. The maximum absolute atomic E-state index is 13.6. The lowest BCUT2D eigenvalue weighted by atomic mass is 10.1. The minimum Gasteiger partial charge on any atom is -0.497 e. The number of carbonyl (C=O) groups excluding carboxylic acids is 1. The first-order valence-corrected chi connectivity index (χ1v) is 12.8. The van der Waals surface area contributed by atoms with Crippen LogP contribution in [0.4, 0.5) is 16.4 Å². The molecule has 0 fully saturated rings. The molecule has 0 saturated heterocycles. The molecule has 6 nitrogen and oxygen atoms in total. The number of ether oxygens (including phenoxy) is 1. The first-order chi connectivity index (χ1) is 16.2. The zero-order valence-corrected chi connectivity index (χ0v) is 20.7. The molecule has 0 aliphatic heterocycles. The average Bonchev–Trinajstić information content (AvgIpc) is 3.15. The van der Waals surface area contributed by atoms with E-state index in [9.17, 15) is 13.2 Å². The Kier molecular flexibility index (Phi) is 6.65. The van der Waals surface area contributed by atoms with Gasteiger partial charge in [-0.15, -0.1) is 11.3 Å². The van der Waals surface area contributed by atoms with Crippen molar-refractivity contribution in [1.82, 2.24) is 0 Å². The second-order valence-corrected chi connectivity index (χ2v) is 10.9. The molecule has 4 aromatic rings. The van der Waals surface area contributed by atoms with Gasteiger partial charge in [0.15, 0.2) is 0 Å². The second kappa shape index (κ2) is 9.50. The van der Waals surface area contributed by atoms with Gasteiger partial charge in [0.25, 0.3) is 0 Å². The summed E-state index contributed by atoms with van der Waals surface area (Å²) in [6.07, 6.45) is 0. The molecule has 0 amide bonds. The topological polar surface area (TPSA) is 98.5 Å². The summed E-state index contributed by atoms with van der Waals surface area (Å²) in [4.78, 5) is 13.4. The van der Waals surface area contributed by atoms with Gasteiger partial charge in [-0.1, -0.05) is 47.5 Å². The Labute approximate surface area is 206 Å². The Bertz CT molecular complexity index is 1480. The molecule has 9 heteroatoms. The number of thiophene rings is 1. The van der Waals surface area contributed by atoms with Crippen LogP contribution in [0.1, 0.15) is 20.8 Å². The number of carbonyl (C=O) groups is 1. The van der Waals surface area contributed by atoms with E-state index in [0.717, 1.165) is 16.9 Å². The number of hydrogen-bond donors (Lipinski definition) is 2. The van der Waals surface area contributed by atoms with E-state index >= 15 is 0 Å². The van der Waals surface area contributed by atoms with E-state index in [-0.39, 0.29) is 25.4 Å². The predicted molar refractivity (Wildman–Crippen MR) is 137 cm³/mol. The highest BCUT2D eigenvalue weighted by atomic mass is 35.5. The van der Waals surface area contributed by atoms with Gasteiger partial charge in [-0.05, 0) is 49.4 Å². The number of rotatable bonds is 7. The lowest BCUT2D eigenvalue weighted by Crippen LogP contribution is -2.08. The van der Waals surface area contributed by atoms with Crippen LogP contribution in [-0.2, 0) is 9.84 Å². The van der Waals surface area contributed by atoms with E-state index in [1.165, 1.54) is 19.2 Å². The number of aryl methyl sites for hydroxylation is 1. The maximum atomic E-state index is 13.6. The first-order valence-electron chi connectivity index (χ1n) is 10.2. The minimum atomic E-state index is -4.04. The van der Waals surface area contributed by atoms with Crippen LogP contribution in [0.25, 0.3) is 0 Å². The molecule has 0 atom stereocenters. The summed E-state index contributed by atoms with van der Waals surface area (Å²) in [5, 5.41) is 3.79. The highest BCUT2D eigenvalue weighted by Gasteiger charge is 2.31. The Morgan fingerprint density at radius 3 is 2.41 bits per heavy atom. The molecular formula is C25H21ClN2O4S2. The van der Waals surface area contributed by atoms with Crippen molar-refractivity contribution in [3.8, 4) is 5.75 Å². The van der Waals surface area contributed by atoms with E-state index < -0.39 is 15.6 Å². The molecule has 3 N–H and O–H groups in total. The highest BCUT2D eigenvalue weighted by Crippen LogP contribution is 2.44. The summed E-state index contributed by atoms with van der Waals surface area (Å²) < 4.78 is 32.5. The first kappa shape index (κ1) is 23.8. The van der Waals surface area contributed by atoms with Crippen LogP contribution in [0.2, 0.25) is 5.02 Å². The van der Waals surface area contributed by atoms with Gasteiger partial charge in [0.1, 0.15) is 20.5 Å². The van der Waals surface area contributed by atoms with Gasteiger partial charge in [-0.25, -0.2) is 8.42 Å². The zero-order chi connectivity index (χ0) is 24.5. The van der Waals surface area contributed by atoms with Gasteiger partial charge in [0.2, 0.25) is 15.6 Å². The van der Waals surface area contributed by atoms with Crippen LogP contribution in [0.15, 0.2) is 82.6 Å². The number of nitrogens with two attached hydrogens (primary N) is 1. The molecular weight excluding hydrogens is 492 g/mol. The van der Waals surface area contributed by atoms with Crippen LogP contribution >= 0.6 is 22.9 Å². The van der Waals surface area contributed by atoms with E-state index in [4.69, 9.17) is 22.1 Å². The van der Waals surface area contributed by atoms with Crippen molar-refractivity contribution in [2.24, 2.45) is 0 Å². The van der Waals surface area contributed by atoms with E-state index in [1.54, 1.807) is 60.7 Å². The van der Waals surface area contributed by atoms with Gasteiger partial charge >= 0.3 is 0 Å². The Balaban J connectivity index is 1.88. The van der Waals surface area contributed by atoms with Crippen molar-refractivity contribution in [3.05, 3.63) is 93.8 Å². The lowest BCUT2D eigenvalue weighted by molar-refractivity contribution is 0.104. The number of halogens is 1. The molecule has 0 unspecified atom stereocenters. The van der Waals surface area contributed by atoms with Crippen LogP contribution in [0, 0.1) is 6.92 Å². The molecule has 1 aromatic heterocycles. The summed E-state index contributed by atoms with van der Waals surface area (Å²) in [7, 11) is -2.54. The normalized spacial score (nSPS) is 11.3. The largest absolute Gasteiger partial charge is 0.497 e. The number of ketones is 1.